The Bertz CT molecular complexity index is 1310. The number of aromatic amines is 1. The largest absolute Gasteiger partial charge is 0.542 e. The maximum absolute atomic E-state index is 13.3. The Morgan fingerprint density at radius 3 is 2.17 bits per heavy atom. The first-order valence-electron chi connectivity index (χ1n) is 10.1. The van der Waals surface area contributed by atoms with Crippen LogP contribution >= 0.6 is 0 Å². The first-order chi connectivity index (χ1) is 16.6. The Morgan fingerprint density at radius 2 is 1.60 bits per heavy atom. The van der Waals surface area contributed by atoms with Gasteiger partial charge in [0.05, 0.1) is 18.8 Å². The van der Waals surface area contributed by atoms with Crippen molar-refractivity contribution in [2.24, 2.45) is 0 Å². The maximum Gasteiger partial charge on any atom is 0.430 e. The lowest BCUT2D eigenvalue weighted by Gasteiger charge is -2.14. The van der Waals surface area contributed by atoms with E-state index in [9.17, 15) is 27.5 Å². The van der Waals surface area contributed by atoms with Crippen LogP contribution in [0.1, 0.15) is 22.2 Å². The molecule has 2 aromatic carbocycles. The van der Waals surface area contributed by atoms with Crippen molar-refractivity contribution in [3.8, 4) is 11.3 Å². The minimum atomic E-state index is -5.19. The minimum absolute atomic E-state index is 0.218. The summed E-state index contributed by atoms with van der Waals surface area (Å²) in [4.78, 5) is 24.9. The van der Waals surface area contributed by atoms with E-state index in [0.29, 0.717) is 11.5 Å². The van der Waals surface area contributed by atoms with Crippen LogP contribution in [0.25, 0.3) is 16.8 Å². The molecule has 1 atom stereocenters. The Labute approximate surface area is 196 Å². The molecule has 3 N–H and O–H groups in total. The van der Waals surface area contributed by atoms with E-state index in [1.165, 1.54) is 12.1 Å². The Balaban J connectivity index is 0.000000429. The number of rotatable bonds is 5. The number of aliphatic carboxylic acids is 1. The van der Waals surface area contributed by atoms with Gasteiger partial charge in [0.25, 0.3) is 0 Å². The number of benzene rings is 2. The molecule has 2 aromatic heterocycles. The lowest BCUT2D eigenvalue weighted by atomic mass is 10.1. The minimum Gasteiger partial charge on any atom is -0.542 e. The molecule has 11 heteroatoms. The number of fused-ring (bicyclic) bond motifs is 1. The standard InChI is InChI=1S/C22H18FN3O2.C2HF3O2/c23-17-11-9-16(10-12-17)20-19-8-4-5-13-26(19)21(25-20)22(28)24-18(14-27)15-6-2-1-3-7-15;3-2(4,5)1(6)7/h1-13,18,27H,14H2,(H,24,28);(H,6,7)/t18-;/m0./s1. The first kappa shape index (κ1) is 25.4. The van der Waals surface area contributed by atoms with Crippen molar-refractivity contribution in [2.45, 2.75) is 12.2 Å². The predicted octanol–water partition coefficient (Wildman–Crippen LogP) is 2.32. The Morgan fingerprint density at radius 1 is 1.00 bits per heavy atom. The number of pyridine rings is 1. The molecule has 0 radical (unpaired) electrons. The Kier molecular flexibility index (Phi) is 7.82. The van der Waals surface area contributed by atoms with Crippen LogP contribution in [-0.4, -0.2) is 34.8 Å². The monoisotopic (exact) mass is 489 g/mol. The van der Waals surface area contributed by atoms with Crippen LogP contribution in [-0.2, 0) is 4.79 Å². The molecule has 0 unspecified atom stereocenters. The van der Waals surface area contributed by atoms with Gasteiger partial charge in [0, 0.05) is 5.56 Å². The smallest absolute Gasteiger partial charge is 0.430 e. The van der Waals surface area contributed by atoms with E-state index in [1.807, 2.05) is 48.5 Å². The number of aliphatic hydroxyl groups is 1. The normalized spacial score (nSPS) is 11.9. The number of carbonyl (C=O) groups is 2. The van der Waals surface area contributed by atoms with Gasteiger partial charge in [0.2, 0.25) is 0 Å². The number of alkyl halides is 3. The number of amides is 1. The summed E-state index contributed by atoms with van der Waals surface area (Å²) in [6.07, 6.45) is -3.41. The number of imidazole rings is 1. The molecule has 0 saturated heterocycles. The number of H-pyrrole nitrogens is 1. The summed E-state index contributed by atoms with van der Waals surface area (Å²) in [7, 11) is 0. The predicted molar refractivity (Wildman–Crippen MR) is 114 cm³/mol. The van der Waals surface area contributed by atoms with Gasteiger partial charge in [-0.3, -0.25) is 4.79 Å². The van der Waals surface area contributed by atoms with Crippen LogP contribution < -0.4 is 14.8 Å². The number of halogens is 4. The average molecular weight is 489 g/mol. The molecule has 0 saturated carbocycles. The highest BCUT2D eigenvalue weighted by molar-refractivity contribution is 5.91. The molecule has 7 nitrogen and oxygen atoms in total. The van der Waals surface area contributed by atoms with E-state index in [2.05, 4.69) is 10.3 Å². The zero-order chi connectivity index (χ0) is 25.6. The molecule has 35 heavy (non-hydrogen) atoms. The highest BCUT2D eigenvalue weighted by Gasteiger charge is 2.29. The molecule has 2 heterocycles. The van der Waals surface area contributed by atoms with E-state index in [-0.39, 0.29) is 18.3 Å². The molecule has 0 spiro atoms. The van der Waals surface area contributed by atoms with Crippen molar-refractivity contribution >= 4 is 17.4 Å². The van der Waals surface area contributed by atoms with Gasteiger partial charge in [0.15, 0.2) is 11.2 Å². The molecule has 4 aromatic rings. The lowest BCUT2D eigenvalue weighted by molar-refractivity contribution is -0.514. The van der Waals surface area contributed by atoms with Crippen LogP contribution in [0.5, 0.6) is 0 Å². The van der Waals surface area contributed by atoms with Crippen LogP contribution in [0, 0.1) is 5.82 Å². The number of aliphatic hydroxyl groups excluding tert-OH is 1. The van der Waals surface area contributed by atoms with E-state index >= 15 is 0 Å². The van der Waals surface area contributed by atoms with Crippen molar-refractivity contribution < 1.29 is 41.8 Å². The quantitative estimate of drug-likeness (QED) is 0.295. The van der Waals surface area contributed by atoms with Gasteiger partial charge in [-0.05, 0) is 42.0 Å². The zero-order valence-corrected chi connectivity index (χ0v) is 17.9. The number of carboxylic acid groups (broad SMARTS) is 1. The van der Waals surface area contributed by atoms with Crippen molar-refractivity contribution in [3.05, 3.63) is 96.2 Å². The third-order valence-electron chi connectivity index (χ3n) is 4.87. The Hall–Kier alpha value is -4.25. The molecule has 0 aliphatic carbocycles. The summed E-state index contributed by atoms with van der Waals surface area (Å²) in [6, 6.07) is 20.4. The number of nitrogens with one attached hydrogen (secondary N) is 2. The van der Waals surface area contributed by atoms with Gasteiger partial charge in [-0.15, -0.1) is 0 Å². The second kappa shape index (κ2) is 10.8. The number of hydrogen-bond acceptors (Lipinski definition) is 4. The lowest BCUT2D eigenvalue weighted by Crippen LogP contribution is -2.38. The van der Waals surface area contributed by atoms with Crippen molar-refractivity contribution in [1.82, 2.24) is 10.3 Å². The number of hydrogen-bond donors (Lipinski definition) is 3. The van der Waals surface area contributed by atoms with Gasteiger partial charge < -0.3 is 20.3 Å². The number of aromatic nitrogens is 2. The van der Waals surface area contributed by atoms with E-state index in [1.54, 1.807) is 22.7 Å². The molecule has 0 aliphatic heterocycles. The summed E-state index contributed by atoms with van der Waals surface area (Å²) in [5, 5.41) is 21.4. The highest BCUT2D eigenvalue weighted by Crippen LogP contribution is 2.22. The van der Waals surface area contributed by atoms with Crippen LogP contribution in [0.3, 0.4) is 0 Å². The SMILES string of the molecule is O=C(N[C@@H](CO)c1ccccc1)c1[nH]c(-c2ccc(F)cc2)c2cccc[n+]12.O=C([O-])C(F)(F)F. The molecular weight excluding hydrogens is 470 g/mol. The fourth-order valence-electron chi connectivity index (χ4n) is 3.23. The molecule has 0 aliphatic rings. The molecule has 0 bridgehead atoms. The summed E-state index contributed by atoms with van der Waals surface area (Å²) >= 11 is 0. The molecule has 4 rings (SSSR count). The summed E-state index contributed by atoms with van der Waals surface area (Å²) in [6.45, 7) is -0.218. The van der Waals surface area contributed by atoms with Gasteiger partial charge in [0.1, 0.15) is 11.8 Å². The van der Waals surface area contributed by atoms with Gasteiger partial charge >= 0.3 is 17.9 Å². The van der Waals surface area contributed by atoms with Crippen molar-refractivity contribution in [3.63, 3.8) is 0 Å². The zero-order valence-electron chi connectivity index (χ0n) is 17.9. The van der Waals surface area contributed by atoms with Gasteiger partial charge in [-0.25, -0.2) is 9.37 Å². The number of carbonyl (C=O) groups excluding carboxylic acids is 2. The second-order valence-corrected chi connectivity index (χ2v) is 7.22. The number of carboxylic acids is 1. The fraction of sp³-hybridized carbons (Fsp3) is 0.125. The molecule has 0 fully saturated rings. The van der Waals surface area contributed by atoms with Crippen molar-refractivity contribution in [2.75, 3.05) is 6.61 Å². The van der Waals surface area contributed by atoms with Crippen LogP contribution in [0.4, 0.5) is 17.6 Å². The topological polar surface area (TPSA) is 109 Å². The third kappa shape index (κ3) is 6.21. The molecular formula is C24H19F4N3O4. The third-order valence-corrected chi connectivity index (χ3v) is 4.87. The summed E-state index contributed by atoms with van der Waals surface area (Å²) in [5.41, 5.74) is 3.09. The van der Waals surface area contributed by atoms with E-state index in [4.69, 9.17) is 9.90 Å². The van der Waals surface area contributed by atoms with E-state index < -0.39 is 18.2 Å². The first-order valence-corrected chi connectivity index (χ1v) is 10.1. The van der Waals surface area contributed by atoms with Crippen molar-refractivity contribution in [1.29, 1.82) is 0 Å². The maximum atomic E-state index is 13.3. The number of nitrogens with zero attached hydrogens (tertiary/aromatic N) is 1. The summed E-state index contributed by atoms with van der Waals surface area (Å²) < 4.78 is 46.6. The fourth-order valence-corrected chi connectivity index (χ4v) is 3.23. The highest BCUT2D eigenvalue weighted by atomic mass is 19.4. The van der Waals surface area contributed by atoms with Crippen LogP contribution in [0.2, 0.25) is 0 Å². The van der Waals surface area contributed by atoms with Gasteiger partial charge in [-0.1, -0.05) is 36.4 Å². The molecule has 1 amide bonds. The van der Waals surface area contributed by atoms with E-state index in [0.717, 1.165) is 16.6 Å². The average Bonchev–Trinajstić information content (AvgIpc) is 3.23. The summed E-state index contributed by atoms with van der Waals surface area (Å²) in [5.74, 6) is -3.35. The van der Waals surface area contributed by atoms with Crippen LogP contribution in [0.15, 0.2) is 79.0 Å². The molecule has 182 valence electrons. The van der Waals surface area contributed by atoms with Gasteiger partial charge in [-0.2, -0.15) is 17.6 Å². The second-order valence-electron chi connectivity index (χ2n) is 7.22.